The summed E-state index contributed by atoms with van der Waals surface area (Å²) in [5.74, 6) is 0.0391. The van der Waals surface area contributed by atoms with Gasteiger partial charge in [-0.05, 0) is 50.6 Å². The average molecular weight is 247 g/mol. The Morgan fingerprint density at radius 2 is 2.22 bits per heavy atom. The van der Waals surface area contributed by atoms with Gasteiger partial charge >= 0.3 is 0 Å². The van der Waals surface area contributed by atoms with Crippen LogP contribution in [0.25, 0.3) is 0 Å². The first-order valence-electron chi connectivity index (χ1n) is 6.42. The number of nitrogens with two attached hydrogens (primary N) is 1. The normalized spacial score (nSPS) is 15.5. The van der Waals surface area contributed by atoms with Gasteiger partial charge in [-0.1, -0.05) is 6.42 Å². The van der Waals surface area contributed by atoms with Gasteiger partial charge in [0.15, 0.2) is 0 Å². The van der Waals surface area contributed by atoms with Gasteiger partial charge in [0.1, 0.15) is 0 Å². The van der Waals surface area contributed by atoms with Crippen molar-refractivity contribution in [1.82, 2.24) is 4.90 Å². The summed E-state index contributed by atoms with van der Waals surface area (Å²) in [7, 11) is 2.01. The summed E-state index contributed by atoms with van der Waals surface area (Å²) in [5, 5.41) is 2.94. The van der Waals surface area contributed by atoms with E-state index in [9.17, 15) is 4.79 Å². The monoisotopic (exact) mass is 247 g/mol. The van der Waals surface area contributed by atoms with Crippen molar-refractivity contribution in [3.05, 3.63) is 23.8 Å². The molecule has 4 heteroatoms. The molecule has 0 spiro atoms. The van der Waals surface area contributed by atoms with Crippen molar-refractivity contribution in [2.45, 2.75) is 32.2 Å². The highest BCUT2D eigenvalue weighted by Gasteiger charge is 2.23. The largest absolute Gasteiger partial charge is 0.399 e. The van der Waals surface area contributed by atoms with Crippen LogP contribution >= 0.6 is 0 Å². The lowest BCUT2D eigenvalue weighted by Gasteiger charge is -2.34. The van der Waals surface area contributed by atoms with Gasteiger partial charge in [-0.3, -0.25) is 9.69 Å². The predicted molar refractivity (Wildman–Crippen MR) is 74.5 cm³/mol. The number of rotatable bonds is 4. The predicted octanol–water partition coefficient (Wildman–Crippen LogP) is 2.00. The first-order chi connectivity index (χ1) is 8.56. The van der Waals surface area contributed by atoms with Crippen LogP contribution in [-0.2, 0) is 4.79 Å². The molecule has 0 unspecified atom stereocenters. The summed E-state index contributed by atoms with van der Waals surface area (Å²) in [4.78, 5) is 14.1. The Bertz CT molecular complexity index is 441. The third-order valence-electron chi connectivity index (χ3n) is 3.62. The second-order valence-corrected chi connectivity index (χ2v) is 5.12. The molecule has 1 aromatic carbocycles. The third-order valence-corrected chi connectivity index (χ3v) is 3.62. The molecular weight excluding hydrogens is 226 g/mol. The van der Waals surface area contributed by atoms with E-state index in [1.165, 1.54) is 19.3 Å². The van der Waals surface area contributed by atoms with Gasteiger partial charge in [0.05, 0.1) is 6.54 Å². The molecule has 1 fully saturated rings. The smallest absolute Gasteiger partial charge is 0.238 e. The maximum atomic E-state index is 11.9. The number of nitrogens with one attached hydrogen (secondary N) is 1. The molecule has 0 bridgehead atoms. The molecule has 0 heterocycles. The van der Waals surface area contributed by atoms with E-state index in [0.717, 1.165) is 16.9 Å². The van der Waals surface area contributed by atoms with E-state index in [0.29, 0.717) is 12.6 Å². The van der Waals surface area contributed by atoms with E-state index in [4.69, 9.17) is 5.73 Å². The van der Waals surface area contributed by atoms with E-state index >= 15 is 0 Å². The number of hydrogen-bond acceptors (Lipinski definition) is 3. The van der Waals surface area contributed by atoms with Crippen molar-refractivity contribution in [1.29, 1.82) is 0 Å². The summed E-state index contributed by atoms with van der Waals surface area (Å²) in [6.45, 7) is 2.40. The van der Waals surface area contributed by atoms with E-state index < -0.39 is 0 Å². The second-order valence-electron chi connectivity index (χ2n) is 5.12. The Balaban J connectivity index is 1.90. The van der Waals surface area contributed by atoms with Crippen LogP contribution in [0.1, 0.15) is 24.8 Å². The van der Waals surface area contributed by atoms with Crippen LogP contribution in [0.2, 0.25) is 0 Å². The Labute approximate surface area is 108 Å². The summed E-state index contributed by atoms with van der Waals surface area (Å²) in [6.07, 6.45) is 3.71. The lowest BCUT2D eigenvalue weighted by molar-refractivity contribution is -0.117. The van der Waals surface area contributed by atoms with Crippen molar-refractivity contribution < 1.29 is 4.79 Å². The van der Waals surface area contributed by atoms with Crippen LogP contribution in [-0.4, -0.2) is 30.4 Å². The van der Waals surface area contributed by atoms with Crippen LogP contribution in [0.5, 0.6) is 0 Å². The number of carbonyl (C=O) groups excluding carboxylic acids is 1. The number of likely N-dealkylation sites (N-methyl/N-ethyl adjacent to an activating group) is 1. The number of anilines is 2. The number of hydrogen-bond donors (Lipinski definition) is 2. The highest BCUT2D eigenvalue weighted by atomic mass is 16.2. The van der Waals surface area contributed by atoms with Crippen molar-refractivity contribution in [2.75, 3.05) is 24.6 Å². The molecule has 1 amide bonds. The third kappa shape index (κ3) is 3.01. The molecule has 0 atom stereocenters. The maximum absolute atomic E-state index is 11.9. The molecule has 2 rings (SSSR count). The van der Waals surface area contributed by atoms with Gasteiger partial charge in [-0.2, -0.15) is 0 Å². The fourth-order valence-electron chi connectivity index (χ4n) is 2.20. The Morgan fingerprint density at radius 1 is 1.50 bits per heavy atom. The Morgan fingerprint density at radius 3 is 2.78 bits per heavy atom. The van der Waals surface area contributed by atoms with Gasteiger partial charge < -0.3 is 11.1 Å². The van der Waals surface area contributed by atoms with Crippen molar-refractivity contribution in [3.8, 4) is 0 Å². The first kappa shape index (κ1) is 12.9. The molecule has 1 aromatic rings. The highest BCUT2D eigenvalue weighted by Crippen LogP contribution is 2.23. The van der Waals surface area contributed by atoms with E-state index in [-0.39, 0.29) is 5.91 Å². The number of aryl methyl sites for hydroxylation is 1. The topological polar surface area (TPSA) is 58.4 Å². The molecule has 0 aliphatic heterocycles. The molecule has 18 heavy (non-hydrogen) atoms. The summed E-state index contributed by atoms with van der Waals surface area (Å²) in [6, 6.07) is 6.11. The van der Waals surface area contributed by atoms with E-state index in [1.54, 1.807) is 6.07 Å². The van der Waals surface area contributed by atoms with Crippen molar-refractivity contribution >= 4 is 17.3 Å². The average Bonchev–Trinajstić information content (AvgIpc) is 2.19. The molecule has 1 saturated carbocycles. The second kappa shape index (κ2) is 5.40. The van der Waals surface area contributed by atoms with Crippen molar-refractivity contribution in [3.63, 3.8) is 0 Å². The van der Waals surface area contributed by atoms with Gasteiger partial charge in [-0.25, -0.2) is 0 Å². The minimum Gasteiger partial charge on any atom is -0.399 e. The molecule has 98 valence electrons. The van der Waals surface area contributed by atoms with Crippen LogP contribution in [0, 0.1) is 6.92 Å². The fraction of sp³-hybridized carbons (Fsp3) is 0.500. The van der Waals surface area contributed by atoms with Crippen molar-refractivity contribution in [2.24, 2.45) is 0 Å². The van der Waals surface area contributed by atoms with E-state index in [2.05, 4.69) is 10.2 Å². The highest BCUT2D eigenvalue weighted by molar-refractivity contribution is 5.93. The van der Waals surface area contributed by atoms with Crippen LogP contribution < -0.4 is 11.1 Å². The standard InChI is InChI=1S/C14H21N3O/c1-10-8-11(15)6-7-13(10)16-14(18)9-17(2)12-4-3-5-12/h6-8,12H,3-5,9,15H2,1-2H3,(H,16,18). The van der Waals surface area contributed by atoms with Gasteiger partial charge in [0.25, 0.3) is 0 Å². The molecule has 3 N–H and O–H groups in total. The zero-order valence-corrected chi connectivity index (χ0v) is 11.1. The molecule has 1 aliphatic rings. The minimum absolute atomic E-state index is 0.0391. The molecular formula is C14H21N3O. The number of nitrogens with zero attached hydrogens (tertiary/aromatic N) is 1. The first-order valence-corrected chi connectivity index (χ1v) is 6.42. The van der Waals surface area contributed by atoms with Crippen LogP contribution in [0.3, 0.4) is 0 Å². The lowest BCUT2D eigenvalue weighted by atomic mass is 9.92. The summed E-state index contributed by atoms with van der Waals surface area (Å²) >= 11 is 0. The van der Waals surface area contributed by atoms with Crippen LogP contribution in [0.4, 0.5) is 11.4 Å². The Hall–Kier alpha value is -1.55. The number of carbonyl (C=O) groups is 1. The fourth-order valence-corrected chi connectivity index (χ4v) is 2.20. The lowest BCUT2D eigenvalue weighted by Crippen LogP contribution is -2.41. The summed E-state index contributed by atoms with van der Waals surface area (Å²) < 4.78 is 0. The van der Waals surface area contributed by atoms with E-state index in [1.807, 2.05) is 26.1 Å². The Kier molecular flexibility index (Phi) is 3.87. The molecule has 0 aromatic heterocycles. The minimum atomic E-state index is 0.0391. The van der Waals surface area contributed by atoms with Crippen LogP contribution in [0.15, 0.2) is 18.2 Å². The SMILES string of the molecule is Cc1cc(N)ccc1NC(=O)CN(C)C1CCC1. The number of benzene rings is 1. The maximum Gasteiger partial charge on any atom is 0.238 e. The zero-order valence-electron chi connectivity index (χ0n) is 11.1. The molecule has 1 aliphatic carbocycles. The molecule has 0 saturated heterocycles. The molecule has 4 nitrogen and oxygen atoms in total. The summed E-state index contributed by atoms with van der Waals surface area (Å²) in [5.41, 5.74) is 8.24. The molecule has 0 radical (unpaired) electrons. The number of nitrogen functional groups attached to an aromatic ring is 1. The zero-order chi connectivity index (χ0) is 13.1. The van der Waals surface area contributed by atoms with Gasteiger partial charge in [-0.15, -0.1) is 0 Å². The quantitative estimate of drug-likeness (QED) is 0.800. The number of amides is 1. The van der Waals surface area contributed by atoms with Gasteiger partial charge in [0, 0.05) is 17.4 Å². The van der Waals surface area contributed by atoms with Gasteiger partial charge in [0.2, 0.25) is 5.91 Å².